The fourth-order valence-electron chi connectivity index (χ4n) is 0.839. The average molecular weight is 197 g/mol. The number of aliphatic hydroxyl groups excluding tert-OH is 1. The second-order valence-corrected chi connectivity index (χ2v) is 2.42. The summed E-state index contributed by atoms with van der Waals surface area (Å²) in [6, 6.07) is 4.86. The van der Waals surface area contributed by atoms with Crippen LogP contribution in [0.2, 0.25) is 0 Å². The Morgan fingerprint density at radius 3 is 3.00 bits per heavy atom. The highest BCUT2D eigenvalue weighted by molar-refractivity contribution is 5.95. The Kier molecular flexibility index (Phi) is 3.69. The Morgan fingerprint density at radius 1 is 1.57 bits per heavy atom. The second kappa shape index (κ2) is 5.03. The van der Waals surface area contributed by atoms with E-state index in [-0.39, 0.29) is 19.0 Å². The van der Waals surface area contributed by atoms with Gasteiger partial charge in [-0.2, -0.15) is 0 Å². The molecular formula is C8H11N3O3. The summed E-state index contributed by atoms with van der Waals surface area (Å²) < 4.78 is 5.04. The molecule has 76 valence electrons. The average Bonchev–Trinajstić information content (AvgIpc) is 2.25. The molecule has 6 heteroatoms. The first kappa shape index (κ1) is 10.3. The smallest absolute Gasteiger partial charge is 0.213 e. The van der Waals surface area contributed by atoms with Crippen molar-refractivity contribution in [3.8, 4) is 5.88 Å². The predicted molar refractivity (Wildman–Crippen MR) is 49.3 cm³/mol. The molecule has 0 aromatic carbocycles. The normalized spacial score (nSPS) is 11.4. The number of nitrogens with zero attached hydrogens (tertiary/aromatic N) is 2. The van der Waals surface area contributed by atoms with Gasteiger partial charge < -0.3 is 20.8 Å². The minimum Gasteiger partial charge on any atom is -0.475 e. The summed E-state index contributed by atoms with van der Waals surface area (Å²) in [5, 5.41) is 19.7. The van der Waals surface area contributed by atoms with Crippen molar-refractivity contribution in [2.45, 2.75) is 0 Å². The summed E-state index contributed by atoms with van der Waals surface area (Å²) in [5.74, 6) is 0.239. The molecule has 4 N–H and O–H groups in total. The Morgan fingerprint density at radius 2 is 2.36 bits per heavy atom. The lowest BCUT2D eigenvalue weighted by molar-refractivity contribution is 0.196. The van der Waals surface area contributed by atoms with Gasteiger partial charge in [-0.1, -0.05) is 11.2 Å². The summed E-state index contributed by atoms with van der Waals surface area (Å²) in [6.07, 6.45) is 0. The van der Waals surface area contributed by atoms with Crippen molar-refractivity contribution in [2.24, 2.45) is 10.9 Å². The van der Waals surface area contributed by atoms with Crippen molar-refractivity contribution >= 4 is 5.84 Å². The maximum atomic E-state index is 8.51. The molecule has 1 rings (SSSR count). The second-order valence-electron chi connectivity index (χ2n) is 2.42. The van der Waals surface area contributed by atoms with Gasteiger partial charge in [-0.05, 0) is 6.07 Å². The number of oxime groups is 1. The lowest BCUT2D eigenvalue weighted by Crippen LogP contribution is -2.15. The fourth-order valence-corrected chi connectivity index (χ4v) is 0.839. The topological polar surface area (TPSA) is 101 Å². The molecule has 0 aliphatic heterocycles. The fraction of sp³-hybridized carbons (Fsp3) is 0.250. The summed E-state index contributed by atoms with van der Waals surface area (Å²) in [7, 11) is 0. The number of hydrogen-bond acceptors (Lipinski definition) is 5. The molecule has 0 unspecified atom stereocenters. The quantitative estimate of drug-likeness (QED) is 0.262. The molecule has 0 bridgehead atoms. The van der Waals surface area contributed by atoms with Crippen molar-refractivity contribution in [2.75, 3.05) is 13.2 Å². The van der Waals surface area contributed by atoms with Crippen LogP contribution in [-0.2, 0) is 0 Å². The van der Waals surface area contributed by atoms with E-state index in [1.54, 1.807) is 18.2 Å². The molecule has 0 fully saturated rings. The molecule has 0 spiro atoms. The van der Waals surface area contributed by atoms with Crippen molar-refractivity contribution in [3.63, 3.8) is 0 Å². The van der Waals surface area contributed by atoms with Crippen LogP contribution in [-0.4, -0.2) is 34.3 Å². The SMILES string of the molecule is NC(=NO)c1cccc(OCCO)n1. The molecule has 0 radical (unpaired) electrons. The molecular weight excluding hydrogens is 186 g/mol. The van der Waals surface area contributed by atoms with Gasteiger partial charge in [-0.3, -0.25) is 0 Å². The standard InChI is InChI=1S/C8H11N3O3/c9-8(11-13)6-2-1-3-7(10-6)14-5-4-12/h1-3,12-13H,4-5H2,(H2,9,11). The van der Waals surface area contributed by atoms with E-state index in [2.05, 4.69) is 10.1 Å². The monoisotopic (exact) mass is 197 g/mol. The van der Waals surface area contributed by atoms with Crippen molar-refractivity contribution in [1.82, 2.24) is 4.98 Å². The van der Waals surface area contributed by atoms with Gasteiger partial charge in [0, 0.05) is 6.07 Å². The maximum Gasteiger partial charge on any atom is 0.213 e. The van der Waals surface area contributed by atoms with Crippen molar-refractivity contribution in [1.29, 1.82) is 0 Å². The first-order valence-corrected chi connectivity index (χ1v) is 3.96. The van der Waals surface area contributed by atoms with E-state index >= 15 is 0 Å². The lowest BCUT2D eigenvalue weighted by Gasteiger charge is -2.04. The Labute approximate surface area is 80.6 Å². The van der Waals surface area contributed by atoms with Crippen LogP contribution >= 0.6 is 0 Å². The van der Waals surface area contributed by atoms with Gasteiger partial charge in [0.25, 0.3) is 0 Å². The predicted octanol–water partition coefficient (Wildman–Crippen LogP) is -0.453. The number of nitrogens with two attached hydrogens (primary N) is 1. The van der Waals surface area contributed by atoms with E-state index in [1.165, 1.54) is 0 Å². The van der Waals surface area contributed by atoms with Gasteiger partial charge in [0.1, 0.15) is 12.3 Å². The zero-order chi connectivity index (χ0) is 10.4. The highest BCUT2D eigenvalue weighted by Crippen LogP contribution is 2.06. The third kappa shape index (κ3) is 2.60. The van der Waals surface area contributed by atoms with Crippen LogP contribution in [0.1, 0.15) is 5.69 Å². The third-order valence-electron chi connectivity index (χ3n) is 1.43. The van der Waals surface area contributed by atoms with Gasteiger partial charge in [-0.15, -0.1) is 0 Å². The molecule has 14 heavy (non-hydrogen) atoms. The molecule has 1 aromatic rings. The Balaban J connectivity index is 2.79. The first-order valence-electron chi connectivity index (χ1n) is 3.96. The van der Waals surface area contributed by atoms with E-state index in [1.807, 2.05) is 0 Å². The largest absolute Gasteiger partial charge is 0.475 e. The number of aliphatic hydroxyl groups is 1. The van der Waals surface area contributed by atoms with Crippen LogP contribution in [0.4, 0.5) is 0 Å². The Hall–Kier alpha value is -1.82. The molecule has 0 amide bonds. The van der Waals surface area contributed by atoms with E-state index in [0.29, 0.717) is 11.6 Å². The van der Waals surface area contributed by atoms with E-state index in [0.717, 1.165) is 0 Å². The van der Waals surface area contributed by atoms with E-state index < -0.39 is 0 Å². The van der Waals surface area contributed by atoms with Gasteiger partial charge in [0.15, 0.2) is 5.84 Å². The molecule has 0 aliphatic rings. The molecule has 6 nitrogen and oxygen atoms in total. The minimum atomic E-state index is -0.0878. The van der Waals surface area contributed by atoms with Crippen LogP contribution in [0.3, 0.4) is 0 Å². The van der Waals surface area contributed by atoms with Crippen LogP contribution < -0.4 is 10.5 Å². The summed E-state index contributed by atoms with van der Waals surface area (Å²) in [4.78, 5) is 3.93. The molecule has 1 aromatic heterocycles. The van der Waals surface area contributed by atoms with Gasteiger partial charge in [0.05, 0.1) is 6.61 Å². The molecule has 0 atom stereocenters. The van der Waals surface area contributed by atoms with Crippen molar-refractivity contribution in [3.05, 3.63) is 23.9 Å². The van der Waals surface area contributed by atoms with Crippen LogP contribution in [0.15, 0.2) is 23.4 Å². The summed E-state index contributed by atoms with van der Waals surface area (Å²) in [5.41, 5.74) is 5.65. The lowest BCUT2D eigenvalue weighted by atomic mass is 10.3. The molecule has 0 saturated carbocycles. The van der Waals surface area contributed by atoms with Crippen LogP contribution in [0, 0.1) is 0 Å². The molecule has 1 heterocycles. The van der Waals surface area contributed by atoms with Gasteiger partial charge in [-0.25, -0.2) is 4.98 Å². The number of amidine groups is 1. The number of ether oxygens (including phenoxy) is 1. The maximum absolute atomic E-state index is 8.51. The molecule has 0 aliphatic carbocycles. The van der Waals surface area contributed by atoms with Crippen LogP contribution in [0.25, 0.3) is 0 Å². The molecule has 0 saturated heterocycles. The van der Waals surface area contributed by atoms with Crippen LogP contribution in [0.5, 0.6) is 5.88 Å². The third-order valence-corrected chi connectivity index (χ3v) is 1.43. The zero-order valence-corrected chi connectivity index (χ0v) is 7.42. The van der Waals surface area contributed by atoms with E-state index in [4.69, 9.17) is 20.8 Å². The van der Waals surface area contributed by atoms with Crippen molar-refractivity contribution < 1.29 is 15.1 Å². The summed E-state index contributed by atoms with van der Waals surface area (Å²) in [6.45, 7) is 0.0715. The number of hydrogen-bond donors (Lipinski definition) is 3. The number of rotatable bonds is 4. The highest BCUT2D eigenvalue weighted by Gasteiger charge is 2.02. The first-order chi connectivity index (χ1) is 6.77. The van der Waals surface area contributed by atoms with Gasteiger partial charge in [0.2, 0.25) is 5.88 Å². The number of aromatic nitrogens is 1. The minimum absolute atomic E-state index is 0.0838. The Bertz CT molecular complexity index is 327. The zero-order valence-electron chi connectivity index (χ0n) is 7.42. The van der Waals surface area contributed by atoms with E-state index in [9.17, 15) is 0 Å². The highest BCUT2D eigenvalue weighted by atomic mass is 16.5. The summed E-state index contributed by atoms with van der Waals surface area (Å²) >= 11 is 0. The number of pyridine rings is 1. The van der Waals surface area contributed by atoms with Gasteiger partial charge >= 0.3 is 0 Å².